The van der Waals surface area contributed by atoms with Gasteiger partial charge in [0, 0.05) is 0 Å². The van der Waals surface area contributed by atoms with Gasteiger partial charge in [0.15, 0.2) is 0 Å². The lowest BCUT2D eigenvalue weighted by Gasteiger charge is -2.30. The number of sulfonamides is 1. The van der Waals surface area contributed by atoms with Crippen LogP contribution in [0.5, 0.6) is 0 Å². The monoisotopic (exact) mass is 180 g/mol. The smallest absolute Gasteiger partial charge is 0.225 e. The second-order valence-electron chi connectivity index (χ2n) is 4.48. The molecule has 0 N–H and O–H groups in total. The highest BCUT2D eigenvalue weighted by Crippen LogP contribution is 2.21. The molecule has 0 aliphatic carbocycles. The molecule has 11 heavy (non-hydrogen) atoms. The lowest BCUT2D eigenvalue weighted by atomic mass is 10.3. The van der Waals surface area contributed by atoms with Crippen molar-refractivity contribution in [3.05, 3.63) is 0 Å². The molecular formula is C7H18NO2S+. The Balaban J connectivity index is 5.11. The van der Waals surface area contributed by atoms with Crippen molar-refractivity contribution in [3.8, 4) is 0 Å². The number of rotatable bonds is 1. The van der Waals surface area contributed by atoms with Crippen molar-refractivity contribution < 1.29 is 12.3 Å². The summed E-state index contributed by atoms with van der Waals surface area (Å²) in [5, 5.41) is 0. The van der Waals surface area contributed by atoms with E-state index in [0.717, 1.165) is 0 Å². The summed E-state index contributed by atoms with van der Waals surface area (Å²) in [7, 11) is 1.93. The van der Waals surface area contributed by atoms with E-state index in [1.165, 1.54) is 0 Å². The summed E-state index contributed by atoms with van der Waals surface area (Å²) in [6, 6.07) is 0. The van der Waals surface area contributed by atoms with Gasteiger partial charge in [0.25, 0.3) is 0 Å². The van der Waals surface area contributed by atoms with Crippen LogP contribution < -0.4 is 0 Å². The van der Waals surface area contributed by atoms with Crippen LogP contribution in [0.25, 0.3) is 0 Å². The Labute approximate surface area is 69.7 Å². The fourth-order valence-corrected chi connectivity index (χ4v) is 2.46. The minimum absolute atomic E-state index is 0.0174. The van der Waals surface area contributed by atoms with Crippen LogP contribution >= 0.6 is 0 Å². The summed E-state index contributed by atoms with van der Waals surface area (Å²) in [6.07, 6.45) is 0. The van der Waals surface area contributed by atoms with E-state index >= 15 is 0 Å². The van der Waals surface area contributed by atoms with Crippen LogP contribution in [-0.4, -0.2) is 38.2 Å². The Bertz CT molecular complexity index is 208. The van der Waals surface area contributed by atoms with Gasteiger partial charge in [-0.1, -0.05) is 0 Å². The van der Waals surface area contributed by atoms with Crippen molar-refractivity contribution in [3.63, 3.8) is 0 Å². The molecule has 0 saturated heterocycles. The molecule has 0 rings (SSSR count). The first-order valence-corrected chi connectivity index (χ1v) is 5.00. The fourth-order valence-electron chi connectivity index (χ4n) is 0.822. The van der Waals surface area contributed by atoms with Gasteiger partial charge >= 0.3 is 10.0 Å². The van der Waals surface area contributed by atoms with Gasteiger partial charge in [0.05, 0.1) is 21.1 Å². The van der Waals surface area contributed by atoms with E-state index in [4.69, 9.17) is 0 Å². The maximum Gasteiger partial charge on any atom is 0.301 e. The Morgan fingerprint density at radius 1 is 1.00 bits per heavy atom. The molecule has 0 saturated carbocycles. The van der Waals surface area contributed by atoms with Crippen molar-refractivity contribution in [1.82, 2.24) is 0 Å². The van der Waals surface area contributed by atoms with Crippen LogP contribution in [0.4, 0.5) is 0 Å². The highest BCUT2D eigenvalue weighted by molar-refractivity contribution is 7.87. The van der Waals surface area contributed by atoms with Crippen molar-refractivity contribution in [1.29, 1.82) is 0 Å². The molecule has 4 heteroatoms. The molecular weight excluding hydrogens is 162 g/mol. The zero-order chi connectivity index (χ0) is 9.50. The predicted octanol–water partition coefficient (Wildman–Crippen LogP) is 0.821. The zero-order valence-corrected chi connectivity index (χ0v) is 8.99. The lowest BCUT2D eigenvalue weighted by molar-refractivity contribution is -0.740. The Kier molecular flexibility index (Phi) is 2.43. The molecule has 0 atom stereocenters. The van der Waals surface area contributed by atoms with Gasteiger partial charge < -0.3 is 0 Å². The first kappa shape index (κ1) is 10.9. The first-order chi connectivity index (χ1) is 4.50. The third kappa shape index (κ3) is 1.93. The molecule has 0 aliphatic rings. The van der Waals surface area contributed by atoms with Crippen LogP contribution in [0.2, 0.25) is 0 Å². The topological polar surface area (TPSA) is 34.1 Å². The van der Waals surface area contributed by atoms with E-state index in [1.54, 1.807) is 41.9 Å². The molecule has 0 fully saturated rings. The van der Waals surface area contributed by atoms with Gasteiger partial charge in [0.1, 0.15) is 4.75 Å². The second kappa shape index (κ2) is 2.45. The van der Waals surface area contributed by atoms with Crippen molar-refractivity contribution in [2.24, 2.45) is 0 Å². The lowest BCUT2D eigenvalue weighted by Crippen LogP contribution is -2.50. The van der Waals surface area contributed by atoms with Crippen LogP contribution in [0.3, 0.4) is 0 Å². The van der Waals surface area contributed by atoms with Crippen LogP contribution in [-0.2, 0) is 10.0 Å². The summed E-state index contributed by atoms with van der Waals surface area (Å²) in [4.78, 5) is 0. The fraction of sp³-hybridized carbons (Fsp3) is 1.00. The minimum atomic E-state index is -3.08. The minimum Gasteiger partial charge on any atom is -0.225 e. The average molecular weight is 180 g/mol. The molecule has 0 aliphatic heterocycles. The van der Waals surface area contributed by atoms with E-state index in [2.05, 4.69) is 0 Å². The van der Waals surface area contributed by atoms with Gasteiger partial charge in [-0.25, -0.2) is 3.89 Å². The molecule has 0 bridgehead atoms. The Hall–Kier alpha value is -0.0900. The quantitative estimate of drug-likeness (QED) is 0.560. The normalized spacial score (nSPS) is 15.1. The van der Waals surface area contributed by atoms with Crippen LogP contribution in [0, 0.1) is 0 Å². The zero-order valence-electron chi connectivity index (χ0n) is 8.17. The molecule has 0 amide bonds. The molecule has 0 aromatic carbocycles. The number of quaternary nitrogens is 1. The van der Waals surface area contributed by atoms with Crippen LogP contribution in [0.15, 0.2) is 0 Å². The molecule has 0 aromatic heterocycles. The first-order valence-electron chi connectivity index (χ1n) is 3.56. The summed E-state index contributed by atoms with van der Waals surface area (Å²) < 4.78 is 22.6. The molecule has 0 heterocycles. The maximum absolute atomic E-state index is 11.6. The van der Waals surface area contributed by atoms with Crippen molar-refractivity contribution >= 4 is 10.0 Å². The maximum atomic E-state index is 11.6. The third-order valence-electron chi connectivity index (χ3n) is 1.49. The van der Waals surface area contributed by atoms with Gasteiger partial charge in [-0.2, -0.15) is 8.42 Å². The van der Waals surface area contributed by atoms with Gasteiger partial charge in [-0.05, 0) is 20.8 Å². The Morgan fingerprint density at radius 2 is 1.27 bits per heavy atom. The summed E-state index contributed by atoms with van der Waals surface area (Å²) >= 11 is 0. The number of hydrogen-bond acceptors (Lipinski definition) is 2. The second-order valence-corrected chi connectivity index (χ2v) is 7.75. The molecule has 0 unspecified atom stereocenters. The van der Waals surface area contributed by atoms with E-state index in [0.29, 0.717) is 0 Å². The van der Waals surface area contributed by atoms with Gasteiger partial charge in [-0.3, -0.25) is 0 Å². The molecule has 3 nitrogen and oxygen atoms in total. The largest absolute Gasteiger partial charge is 0.301 e. The van der Waals surface area contributed by atoms with Gasteiger partial charge in [0.2, 0.25) is 0 Å². The third-order valence-corrected chi connectivity index (χ3v) is 4.48. The number of nitrogens with zero attached hydrogens (tertiary/aromatic N) is 1. The Morgan fingerprint density at radius 3 is 1.27 bits per heavy atom. The SMILES string of the molecule is CC(C)(C)S(=O)(=O)[N+](C)(C)C. The predicted molar refractivity (Wildman–Crippen MR) is 46.7 cm³/mol. The van der Waals surface area contributed by atoms with Crippen molar-refractivity contribution in [2.45, 2.75) is 25.5 Å². The highest BCUT2D eigenvalue weighted by atomic mass is 32.2. The number of hydrogen-bond donors (Lipinski definition) is 0. The summed E-state index contributed by atoms with van der Waals surface area (Å²) in [6.45, 7) is 5.14. The average Bonchev–Trinajstić information content (AvgIpc) is 1.58. The van der Waals surface area contributed by atoms with Crippen LogP contribution in [0.1, 0.15) is 20.8 Å². The standard InChI is InChI=1S/C7H18NO2S/c1-7(2,3)11(9,10)8(4,5)6/h1-6H3/q+1. The molecule has 0 radical (unpaired) electrons. The van der Waals surface area contributed by atoms with Gasteiger partial charge in [-0.15, -0.1) is 0 Å². The molecule has 0 aromatic rings. The van der Waals surface area contributed by atoms with E-state index in [9.17, 15) is 8.42 Å². The van der Waals surface area contributed by atoms with Crippen molar-refractivity contribution in [2.75, 3.05) is 21.1 Å². The molecule has 0 spiro atoms. The summed E-state index contributed by atoms with van der Waals surface area (Å²) in [5.74, 6) is 0. The highest BCUT2D eigenvalue weighted by Gasteiger charge is 2.40. The van der Waals surface area contributed by atoms with E-state index < -0.39 is 14.8 Å². The van der Waals surface area contributed by atoms with E-state index in [1.807, 2.05) is 0 Å². The van der Waals surface area contributed by atoms with E-state index in [-0.39, 0.29) is 3.89 Å². The summed E-state index contributed by atoms with van der Waals surface area (Å²) in [5.41, 5.74) is 0. The molecule has 68 valence electrons.